The maximum Gasteiger partial charge on any atom is 0.411 e. The lowest BCUT2D eigenvalue weighted by Crippen LogP contribution is -2.36. The number of nitrogens with one attached hydrogen (secondary N) is 1. The Morgan fingerprint density at radius 2 is 1.86 bits per heavy atom. The predicted molar refractivity (Wildman–Crippen MR) is 97.4 cm³/mol. The van der Waals surface area contributed by atoms with Crippen LogP contribution in [0.2, 0.25) is 0 Å². The summed E-state index contributed by atoms with van der Waals surface area (Å²) >= 11 is 0. The molecule has 1 aromatic carbocycles. The highest BCUT2D eigenvalue weighted by atomic mass is 19.4. The third-order valence-electron chi connectivity index (χ3n) is 4.09. The van der Waals surface area contributed by atoms with Crippen molar-refractivity contribution in [2.24, 2.45) is 0 Å². The van der Waals surface area contributed by atoms with Crippen LogP contribution in [0.3, 0.4) is 0 Å². The molecule has 0 spiro atoms. The molecule has 0 unspecified atom stereocenters. The number of pyridine rings is 1. The van der Waals surface area contributed by atoms with Gasteiger partial charge in [-0.25, -0.2) is 4.98 Å². The van der Waals surface area contributed by atoms with Gasteiger partial charge in [0.15, 0.2) is 0 Å². The van der Waals surface area contributed by atoms with E-state index < -0.39 is 12.8 Å². The Labute approximate surface area is 160 Å². The fraction of sp³-hybridized carbons (Fsp3) is 0.368. The van der Waals surface area contributed by atoms with Crippen LogP contribution in [0.15, 0.2) is 42.6 Å². The summed E-state index contributed by atoms with van der Waals surface area (Å²) in [5.74, 6) is 0.494. The van der Waals surface area contributed by atoms with Crippen LogP contribution in [0.4, 0.5) is 24.7 Å². The molecule has 0 aliphatic carbocycles. The molecule has 1 aliphatic rings. The molecular formula is C19H20F3N3O3. The summed E-state index contributed by atoms with van der Waals surface area (Å²) in [5, 5.41) is 2.75. The maximum absolute atomic E-state index is 12.3. The first kappa shape index (κ1) is 20.1. The third-order valence-corrected chi connectivity index (χ3v) is 4.09. The summed E-state index contributed by atoms with van der Waals surface area (Å²) in [7, 11) is 0. The van der Waals surface area contributed by atoms with Gasteiger partial charge in [-0.3, -0.25) is 4.79 Å². The highest BCUT2D eigenvalue weighted by molar-refractivity contribution is 6.04. The number of anilines is 2. The average Bonchev–Trinajstić information content (AvgIpc) is 2.69. The molecule has 0 bridgehead atoms. The zero-order chi connectivity index (χ0) is 20.0. The molecule has 150 valence electrons. The monoisotopic (exact) mass is 395 g/mol. The molecule has 2 heterocycles. The zero-order valence-electron chi connectivity index (χ0n) is 15.0. The van der Waals surface area contributed by atoms with Gasteiger partial charge in [-0.1, -0.05) is 12.1 Å². The van der Waals surface area contributed by atoms with Gasteiger partial charge in [0.2, 0.25) is 0 Å². The molecule has 0 atom stereocenters. The Bertz CT molecular complexity index is 774. The first-order valence-corrected chi connectivity index (χ1v) is 8.74. The number of alkyl halides is 3. The maximum atomic E-state index is 12.3. The first-order valence-electron chi connectivity index (χ1n) is 8.74. The normalized spacial score (nSPS) is 14.8. The number of benzene rings is 1. The summed E-state index contributed by atoms with van der Waals surface area (Å²) in [5.41, 5.74) is 1.49. The number of amides is 1. The zero-order valence-corrected chi connectivity index (χ0v) is 15.0. The molecule has 1 fully saturated rings. The van der Waals surface area contributed by atoms with Crippen molar-refractivity contribution in [1.29, 1.82) is 0 Å². The molecule has 1 amide bonds. The van der Waals surface area contributed by atoms with Crippen LogP contribution < -0.4 is 10.2 Å². The highest BCUT2D eigenvalue weighted by Gasteiger charge is 2.27. The molecular weight excluding hydrogens is 375 g/mol. The minimum atomic E-state index is -4.36. The molecule has 1 aliphatic heterocycles. The molecule has 0 radical (unpaired) electrons. The molecule has 6 nitrogen and oxygen atoms in total. The molecule has 3 rings (SSSR count). The number of rotatable bonds is 6. The van der Waals surface area contributed by atoms with E-state index in [2.05, 4.69) is 19.9 Å². The number of ether oxygens (including phenoxy) is 2. The second-order valence-electron chi connectivity index (χ2n) is 6.26. The van der Waals surface area contributed by atoms with Gasteiger partial charge < -0.3 is 19.7 Å². The molecule has 28 heavy (non-hydrogen) atoms. The number of morpholine rings is 1. The largest absolute Gasteiger partial charge is 0.411 e. The Balaban J connectivity index is 1.52. The van der Waals surface area contributed by atoms with E-state index in [-0.39, 0.29) is 12.5 Å². The van der Waals surface area contributed by atoms with E-state index in [1.165, 1.54) is 12.1 Å². The molecule has 1 N–H and O–H groups in total. The number of carbonyl (C=O) groups excluding carboxylic acids is 1. The summed E-state index contributed by atoms with van der Waals surface area (Å²) in [6.07, 6.45) is -2.77. The van der Waals surface area contributed by atoms with Crippen molar-refractivity contribution in [2.45, 2.75) is 12.8 Å². The van der Waals surface area contributed by atoms with Crippen LogP contribution in [0.25, 0.3) is 0 Å². The quantitative estimate of drug-likeness (QED) is 0.814. The summed E-state index contributed by atoms with van der Waals surface area (Å²) in [6, 6.07) is 9.81. The summed E-state index contributed by atoms with van der Waals surface area (Å²) < 4.78 is 46.1. The molecule has 9 heteroatoms. The number of hydrogen-bond acceptors (Lipinski definition) is 5. The van der Waals surface area contributed by atoms with Crippen molar-refractivity contribution in [3.63, 3.8) is 0 Å². The first-order chi connectivity index (χ1) is 13.4. The van der Waals surface area contributed by atoms with Gasteiger partial charge in [0.1, 0.15) is 12.4 Å². The average molecular weight is 395 g/mol. The SMILES string of the molecule is O=C(Nc1ccc(N2CCOCC2)nc1)c1ccc(COCC(F)(F)F)cc1. The van der Waals surface area contributed by atoms with Gasteiger partial charge in [-0.2, -0.15) is 13.2 Å². The Hall–Kier alpha value is -2.65. The van der Waals surface area contributed by atoms with E-state index in [9.17, 15) is 18.0 Å². The van der Waals surface area contributed by atoms with Crippen molar-refractivity contribution in [2.75, 3.05) is 43.1 Å². The van der Waals surface area contributed by atoms with Crippen molar-refractivity contribution < 1.29 is 27.4 Å². The van der Waals surface area contributed by atoms with Crippen LogP contribution in [-0.2, 0) is 16.1 Å². The van der Waals surface area contributed by atoms with Gasteiger partial charge >= 0.3 is 6.18 Å². The van der Waals surface area contributed by atoms with Gasteiger partial charge in [-0.05, 0) is 29.8 Å². The van der Waals surface area contributed by atoms with Gasteiger partial charge in [0, 0.05) is 18.7 Å². The smallest absolute Gasteiger partial charge is 0.378 e. The number of halogens is 3. The van der Waals surface area contributed by atoms with E-state index in [0.717, 1.165) is 18.9 Å². The van der Waals surface area contributed by atoms with Crippen molar-refractivity contribution in [1.82, 2.24) is 4.98 Å². The van der Waals surface area contributed by atoms with E-state index in [4.69, 9.17) is 4.74 Å². The Kier molecular flexibility index (Phi) is 6.48. The summed E-state index contributed by atoms with van der Waals surface area (Å²) in [6.45, 7) is 1.40. The highest BCUT2D eigenvalue weighted by Crippen LogP contribution is 2.17. The van der Waals surface area contributed by atoms with Crippen molar-refractivity contribution >= 4 is 17.4 Å². The van der Waals surface area contributed by atoms with E-state index >= 15 is 0 Å². The Morgan fingerprint density at radius 1 is 1.14 bits per heavy atom. The van der Waals surface area contributed by atoms with E-state index in [1.54, 1.807) is 24.4 Å². The second-order valence-corrected chi connectivity index (χ2v) is 6.26. The van der Waals surface area contributed by atoms with Gasteiger partial charge in [0.05, 0.1) is 31.7 Å². The van der Waals surface area contributed by atoms with E-state index in [1.807, 2.05) is 6.07 Å². The lowest BCUT2D eigenvalue weighted by atomic mass is 10.1. The summed E-state index contributed by atoms with van der Waals surface area (Å²) in [4.78, 5) is 18.8. The predicted octanol–water partition coefficient (Wildman–Crippen LogP) is 3.25. The van der Waals surface area contributed by atoms with Crippen LogP contribution in [0.1, 0.15) is 15.9 Å². The van der Waals surface area contributed by atoms with Crippen LogP contribution >= 0.6 is 0 Å². The third kappa shape index (κ3) is 5.93. The molecule has 1 aromatic heterocycles. The Morgan fingerprint density at radius 3 is 2.46 bits per heavy atom. The fourth-order valence-electron chi connectivity index (χ4n) is 2.68. The number of nitrogens with zero attached hydrogens (tertiary/aromatic N) is 2. The molecule has 2 aromatic rings. The van der Waals surface area contributed by atoms with Gasteiger partial charge in [-0.15, -0.1) is 0 Å². The minimum absolute atomic E-state index is 0.172. The van der Waals surface area contributed by atoms with Crippen LogP contribution in [0.5, 0.6) is 0 Å². The lowest BCUT2D eigenvalue weighted by molar-refractivity contribution is -0.176. The number of hydrogen-bond donors (Lipinski definition) is 1. The molecule has 0 saturated carbocycles. The topological polar surface area (TPSA) is 63.7 Å². The number of carbonyl (C=O) groups is 1. The number of aromatic nitrogens is 1. The molecule has 1 saturated heterocycles. The van der Waals surface area contributed by atoms with Crippen LogP contribution in [0, 0.1) is 0 Å². The van der Waals surface area contributed by atoms with Gasteiger partial charge in [0.25, 0.3) is 5.91 Å². The fourth-order valence-corrected chi connectivity index (χ4v) is 2.68. The minimum Gasteiger partial charge on any atom is -0.378 e. The van der Waals surface area contributed by atoms with Crippen LogP contribution in [-0.4, -0.2) is 50.0 Å². The second kappa shape index (κ2) is 9.03. The van der Waals surface area contributed by atoms with Crippen molar-refractivity contribution in [3.05, 3.63) is 53.7 Å². The van der Waals surface area contributed by atoms with Crippen molar-refractivity contribution in [3.8, 4) is 0 Å². The standard InChI is InChI=1S/C19H20F3N3O3/c20-19(21,22)13-28-12-14-1-3-15(4-2-14)18(26)24-16-5-6-17(23-11-16)25-7-9-27-10-8-25/h1-6,11H,7-10,12-13H2,(H,24,26). The lowest BCUT2D eigenvalue weighted by Gasteiger charge is -2.27. The van der Waals surface area contributed by atoms with E-state index in [0.29, 0.717) is 30.0 Å².